The van der Waals surface area contributed by atoms with E-state index in [1.165, 1.54) is 0 Å². The van der Waals surface area contributed by atoms with Crippen molar-refractivity contribution in [1.29, 1.82) is 0 Å². The fourth-order valence-corrected chi connectivity index (χ4v) is 2.86. The van der Waals surface area contributed by atoms with E-state index in [0.29, 0.717) is 39.0 Å². The third-order valence-corrected chi connectivity index (χ3v) is 4.39. The Labute approximate surface area is 148 Å². The molecule has 0 radical (unpaired) electrons. The Bertz CT molecular complexity index is 638. The van der Waals surface area contributed by atoms with Crippen molar-refractivity contribution >= 4 is 17.8 Å². The fraction of sp³-hybridized carbons (Fsp3) is 0.526. The van der Waals surface area contributed by atoms with Crippen LogP contribution in [0.1, 0.15) is 43.1 Å². The maximum absolute atomic E-state index is 12.3. The number of rotatable bonds is 4. The van der Waals surface area contributed by atoms with Crippen molar-refractivity contribution in [2.24, 2.45) is 5.41 Å². The number of benzene rings is 1. The molecule has 1 aliphatic rings. The molecule has 1 saturated heterocycles. The first-order valence-electron chi connectivity index (χ1n) is 8.58. The lowest BCUT2D eigenvalue weighted by molar-refractivity contribution is -0.144. The van der Waals surface area contributed by atoms with Crippen molar-refractivity contribution in [1.82, 2.24) is 9.80 Å². The summed E-state index contributed by atoms with van der Waals surface area (Å²) in [5.74, 6) is -0.756. The zero-order valence-corrected chi connectivity index (χ0v) is 15.1. The Balaban J connectivity index is 1.81. The number of hydrogen-bond acceptors (Lipinski definition) is 3. The number of piperazine rings is 1. The van der Waals surface area contributed by atoms with Crippen LogP contribution in [0.15, 0.2) is 24.3 Å². The van der Waals surface area contributed by atoms with Gasteiger partial charge in [0.05, 0.1) is 5.56 Å². The van der Waals surface area contributed by atoms with Gasteiger partial charge in [0.15, 0.2) is 0 Å². The lowest BCUT2D eigenvalue weighted by Crippen LogP contribution is -2.53. The van der Waals surface area contributed by atoms with Crippen molar-refractivity contribution in [3.63, 3.8) is 0 Å². The van der Waals surface area contributed by atoms with Gasteiger partial charge in [0.2, 0.25) is 11.8 Å². The predicted molar refractivity (Wildman–Crippen MR) is 94.3 cm³/mol. The number of carboxylic acid groups (broad SMARTS) is 1. The van der Waals surface area contributed by atoms with Gasteiger partial charge in [0, 0.05) is 38.0 Å². The molecule has 1 aromatic carbocycles. The number of carbonyl (C=O) groups excluding carboxylic acids is 2. The van der Waals surface area contributed by atoms with E-state index in [9.17, 15) is 14.4 Å². The quantitative estimate of drug-likeness (QED) is 0.905. The summed E-state index contributed by atoms with van der Waals surface area (Å²) in [6.07, 6.45) is 0.972. The normalized spacial score (nSPS) is 15.2. The van der Waals surface area contributed by atoms with Crippen LogP contribution in [0.3, 0.4) is 0 Å². The van der Waals surface area contributed by atoms with E-state index in [2.05, 4.69) is 0 Å². The van der Waals surface area contributed by atoms with Crippen molar-refractivity contribution in [3.8, 4) is 0 Å². The molecule has 0 unspecified atom stereocenters. The number of aromatic carboxylic acids is 1. The Morgan fingerprint density at radius 3 is 1.96 bits per heavy atom. The zero-order chi connectivity index (χ0) is 18.6. The highest BCUT2D eigenvalue weighted by molar-refractivity contribution is 5.87. The van der Waals surface area contributed by atoms with Gasteiger partial charge in [-0.2, -0.15) is 0 Å². The molecule has 1 fully saturated rings. The topological polar surface area (TPSA) is 77.9 Å². The van der Waals surface area contributed by atoms with Gasteiger partial charge >= 0.3 is 5.97 Å². The first kappa shape index (κ1) is 19.0. The molecule has 1 aromatic rings. The second kappa shape index (κ2) is 7.68. The summed E-state index contributed by atoms with van der Waals surface area (Å²) in [5.41, 5.74) is 0.795. The summed E-state index contributed by atoms with van der Waals surface area (Å²) in [4.78, 5) is 39.1. The molecule has 1 N–H and O–H groups in total. The van der Waals surface area contributed by atoms with E-state index >= 15 is 0 Å². The SMILES string of the molecule is CC(C)(C)C(=O)N1CCN(C(=O)CCc2ccc(C(=O)O)cc2)CC1. The van der Waals surface area contributed by atoms with Crippen LogP contribution in [-0.2, 0) is 16.0 Å². The molecular weight excluding hydrogens is 320 g/mol. The highest BCUT2D eigenvalue weighted by atomic mass is 16.4. The molecule has 0 aromatic heterocycles. The van der Waals surface area contributed by atoms with Gasteiger partial charge in [-0.3, -0.25) is 9.59 Å². The van der Waals surface area contributed by atoms with E-state index in [4.69, 9.17) is 5.11 Å². The standard InChI is InChI=1S/C19H26N2O4/c1-19(2,3)18(25)21-12-10-20(11-13-21)16(22)9-6-14-4-7-15(8-5-14)17(23)24/h4-5,7-8H,6,9-13H2,1-3H3,(H,23,24). The molecule has 6 nitrogen and oxygen atoms in total. The molecule has 6 heteroatoms. The molecule has 0 atom stereocenters. The molecule has 1 aliphatic heterocycles. The molecule has 0 saturated carbocycles. The maximum Gasteiger partial charge on any atom is 0.335 e. The van der Waals surface area contributed by atoms with Crippen molar-refractivity contribution < 1.29 is 19.5 Å². The molecule has 2 amide bonds. The fourth-order valence-electron chi connectivity index (χ4n) is 2.86. The third kappa shape index (κ3) is 5.05. The van der Waals surface area contributed by atoms with E-state index in [0.717, 1.165) is 5.56 Å². The summed E-state index contributed by atoms with van der Waals surface area (Å²) >= 11 is 0. The zero-order valence-electron chi connectivity index (χ0n) is 15.1. The summed E-state index contributed by atoms with van der Waals surface area (Å²) in [7, 11) is 0. The summed E-state index contributed by atoms with van der Waals surface area (Å²) in [6, 6.07) is 6.60. The first-order valence-corrected chi connectivity index (χ1v) is 8.58. The third-order valence-electron chi connectivity index (χ3n) is 4.39. The smallest absolute Gasteiger partial charge is 0.335 e. The van der Waals surface area contributed by atoms with Crippen molar-refractivity contribution in [2.75, 3.05) is 26.2 Å². The Hall–Kier alpha value is -2.37. The lowest BCUT2D eigenvalue weighted by Gasteiger charge is -2.37. The molecule has 136 valence electrons. The second-order valence-electron chi connectivity index (χ2n) is 7.43. The van der Waals surface area contributed by atoms with Gasteiger partial charge in [0.1, 0.15) is 0 Å². The van der Waals surface area contributed by atoms with Gasteiger partial charge in [-0.1, -0.05) is 32.9 Å². The minimum Gasteiger partial charge on any atom is -0.478 e. The average Bonchev–Trinajstić information content (AvgIpc) is 2.58. The number of carbonyl (C=O) groups is 3. The Morgan fingerprint density at radius 1 is 0.960 bits per heavy atom. The highest BCUT2D eigenvalue weighted by Gasteiger charge is 2.30. The number of nitrogens with zero attached hydrogens (tertiary/aromatic N) is 2. The van der Waals surface area contributed by atoms with Crippen LogP contribution in [0.4, 0.5) is 0 Å². The van der Waals surface area contributed by atoms with Crippen molar-refractivity contribution in [2.45, 2.75) is 33.6 Å². The highest BCUT2D eigenvalue weighted by Crippen LogP contribution is 2.19. The Kier molecular flexibility index (Phi) is 5.82. The average molecular weight is 346 g/mol. The molecule has 0 aliphatic carbocycles. The van der Waals surface area contributed by atoms with Crippen LogP contribution in [0.2, 0.25) is 0 Å². The summed E-state index contributed by atoms with van der Waals surface area (Å²) < 4.78 is 0. The largest absolute Gasteiger partial charge is 0.478 e. The van der Waals surface area contributed by atoms with Crippen molar-refractivity contribution in [3.05, 3.63) is 35.4 Å². The van der Waals surface area contributed by atoms with Crippen LogP contribution >= 0.6 is 0 Å². The molecule has 0 spiro atoms. The number of amides is 2. The van der Waals surface area contributed by atoms with E-state index in [1.807, 2.05) is 25.7 Å². The van der Waals surface area contributed by atoms with Gasteiger partial charge in [-0.25, -0.2) is 4.79 Å². The monoisotopic (exact) mass is 346 g/mol. The molecule has 2 rings (SSSR count). The van der Waals surface area contributed by atoms with E-state index in [-0.39, 0.29) is 17.4 Å². The van der Waals surface area contributed by atoms with Gasteiger partial charge in [-0.05, 0) is 24.1 Å². The second-order valence-corrected chi connectivity index (χ2v) is 7.43. The van der Waals surface area contributed by atoms with Crippen LogP contribution in [0.5, 0.6) is 0 Å². The first-order chi connectivity index (χ1) is 11.7. The minimum absolute atomic E-state index is 0.0742. The summed E-state index contributed by atoms with van der Waals surface area (Å²) in [6.45, 7) is 8.01. The predicted octanol–water partition coefficient (Wildman–Crippen LogP) is 2.03. The molecule has 25 heavy (non-hydrogen) atoms. The van der Waals surface area contributed by atoms with Crippen LogP contribution in [0.25, 0.3) is 0 Å². The van der Waals surface area contributed by atoms with Gasteiger partial charge in [0.25, 0.3) is 0 Å². The Morgan fingerprint density at radius 2 is 1.48 bits per heavy atom. The maximum atomic E-state index is 12.3. The van der Waals surface area contributed by atoms with Crippen LogP contribution < -0.4 is 0 Å². The summed E-state index contributed by atoms with van der Waals surface area (Å²) in [5, 5.41) is 8.89. The van der Waals surface area contributed by atoms with Gasteiger partial charge < -0.3 is 14.9 Å². The molecule has 0 bridgehead atoms. The lowest BCUT2D eigenvalue weighted by atomic mass is 9.94. The molecular formula is C19H26N2O4. The van der Waals surface area contributed by atoms with Gasteiger partial charge in [-0.15, -0.1) is 0 Å². The van der Waals surface area contributed by atoms with Crippen LogP contribution in [-0.4, -0.2) is 58.9 Å². The van der Waals surface area contributed by atoms with Crippen LogP contribution in [0, 0.1) is 5.41 Å². The number of aryl methyl sites for hydroxylation is 1. The van der Waals surface area contributed by atoms with E-state index in [1.54, 1.807) is 29.2 Å². The molecule has 1 heterocycles. The minimum atomic E-state index is -0.953. The number of carboxylic acids is 1. The number of hydrogen-bond donors (Lipinski definition) is 1. The van der Waals surface area contributed by atoms with E-state index < -0.39 is 11.4 Å².